The lowest BCUT2D eigenvalue weighted by molar-refractivity contribution is 0.315. The zero-order chi connectivity index (χ0) is 11.0. The highest BCUT2D eigenvalue weighted by Crippen LogP contribution is 2.17. The van der Waals surface area contributed by atoms with Gasteiger partial charge < -0.3 is 16.3 Å². The normalized spacial score (nSPS) is 13.2. The van der Waals surface area contributed by atoms with Crippen LogP contribution in [0.15, 0.2) is 5.16 Å². The maximum atomic E-state index is 8.30. The van der Waals surface area contributed by atoms with Crippen LogP contribution in [0, 0.1) is 5.41 Å². The molecule has 0 amide bonds. The third kappa shape index (κ3) is 6.71. The van der Waals surface area contributed by atoms with Crippen LogP contribution in [0.25, 0.3) is 0 Å². The van der Waals surface area contributed by atoms with Crippen molar-refractivity contribution in [2.75, 3.05) is 13.1 Å². The Hall–Kier alpha value is -0.770. The molecule has 0 fully saturated rings. The van der Waals surface area contributed by atoms with Gasteiger partial charge in [-0.25, -0.2) is 0 Å². The van der Waals surface area contributed by atoms with Crippen LogP contribution in [0.1, 0.15) is 40.0 Å². The minimum atomic E-state index is 0.307. The van der Waals surface area contributed by atoms with E-state index in [4.69, 9.17) is 10.9 Å². The van der Waals surface area contributed by atoms with Crippen LogP contribution in [0.2, 0.25) is 0 Å². The number of rotatable bonds is 7. The van der Waals surface area contributed by atoms with Crippen LogP contribution in [0.4, 0.5) is 0 Å². The first-order valence-corrected chi connectivity index (χ1v) is 5.19. The van der Waals surface area contributed by atoms with Crippen molar-refractivity contribution in [1.82, 2.24) is 5.32 Å². The SMILES string of the molecule is CCC(C)(C)CNCCCC(N)=NO. The van der Waals surface area contributed by atoms with Gasteiger partial charge in [-0.1, -0.05) is 25.9 Å². The number of amidine groups is 1. The van der Waals surface area contributed by atoms with Crippen molar-refractivity contribution in [2.45, 2.75) is 40.0 Å². The van der Waals surface area contributed by atoms with E-state index in [-0.39, 0.29) is 0 Å². The van der Waals surface area contributed by atoms with E-state index in [0.717, 1.165) is 19.5 Å². The quantitative estimate of drug-likeness (QED) is 0.192. The van der Waals surface area contributed by atoms with Gasteiger partial charge in [-0.05, 0) is 24.8 Å². The van der Waals surface area contributed by atoms with E-state index in [1.54, 1.807) is 0 Å². The molecule has 0 heterocycles. The highest BCUT2D eigenvalue weighted by molar-refractivity contribution is 5.79. The van der Waals surface area contributed by atoms with Crippen LogP contribution >= 0.6 is 0 Å². The topological polar surface area (TPSA) is 70.6 Å². The maximum absolute atomic E-state index is 8.30. The van der Waals surface area contributed by atoms with E-state index in [1.807, 2.05) is 0 Å². The number of hydrogen-bond donors (Lipinski definition) is 3. The van der Waals surface area contributed by atoms with Crippen LogP contribution in [0.5, 0.6) is 0 Å². The van der Waals surface area contributed by atoms with Crippen LogP contribution in [0.3, 0.4) is 0 Å². The van der Waals surface area contributed by atoms with Gasteiger partial charge in [-0.15, -0.1) is 0 Å². The molecule has 0 aromatic carbocycles. The maximum Gasteiger partial charge on any atom is 0.139 e. The highest BCUT2D eigenvalue weighted by atomic mass is 16.4. The van der Waals surface area contributed by atoms with Gasteiger partial charge >= 0.3 is 0 Å². The molecule has 0 unspecified atom stereocenters. The summed E-state index contributed by atoms with van der Waals surface area (Å²) in [7, 11) is 0. The summed E-state index contributed by atoms with van der Waals surface area (Å²) in [5.74, 6) is 0.307. The summed E-state index contributed by atoms with van der Waals surface area (Å²) < 4.78 is 0. The number of nitrogens with one attached hydrogen (secondary N) is 1. The Balaban J connectivity index is 3.39. The first-order chi connectivity index (χ1) is 6.52. The predicted octanol–water partition coefficient (Wildman–Crippen LogP) is 1.54. The molecule has 0 rings (SSSR count). The van der Waals surface area contributed by atoms with Crippen LogP contribution in [-0.4, -0.2) is 24.1 Å². The van der Waals surface area contributed by atoms with E-state index in [2.05, 4.69) is 31.2 Å². The van der Waals surface area contributed by atoms with Crippen molar-refractivity contribution in [3.8, 4) is 0 Å². The molecule has 0 saturated carbocycles. The molecule has 0 aliphatic heterocycles. The largest absolute Gasteiger partial charge is 0.409 e. The minimum Gasteiger partial charge on any atom is -0.409 e. The average molecular weight is 201 g/mol. The van der Waals surface area contributed by atoms with Gasteiger partial charge in [0.25, 0.3) is 0 Å². The fraction of sp³-hybridized carbons (Fsp3) is 0.900. The van der Waals surface area contributed by atoms with E-state index < -0.39 is 0 Å². The highest BCUT2D eigenvalue weighted by Gasteiger charge is 2.13. The van der Waals surface area contributed by atoms with Gasteiger partial charge in [0.05, 0.1) is 0 Å². The molecule has 0 spiro atoms. The van der Waals surface area contributed by atoms with E-state index in [9.17, 15) is 0 Å². The molecule has 4 N–H and O–H groups in total. The fourth-order valence-corrected chi connectivity index (χ4v) is 0.996. The van der Waals surface area contributed by atoms with Crippen molar-refractivity contribution in [2.24, 2.45) is 16.3 Å². The third-order valence-electron chi connectivity index (χ3n) is 2.48. The molecule has 4 heteroatoms. The van der Waals surface area contributed by atoms with Crippen LogP contribution in [-0.2, 0) is 0 Å². The molecule has 0 aliphatic rings. The van der Waals surface area contributed by atoms with Gasteiger partial charge in [-0.3, -0.25) is 0 Å². The number of oxime groups is 1. The Labute approximate surface area is 86.6 Å². The van der Waals surface area contributed by atoms with E-state index in [0.29, 0.717) is 17.7 Å². The van der Waals surface area contributed by atoms with Gasteiger partial charge in [0.2, 0.25) is 0 Å². The molecule has 0 atom stereocenters. The number of nitrogens with two attached hydrogens (primary N) is 1. The lowest BCUT2D eigenvalue weighted by Gasteiger charge is -2.22. The summed E-state index contributed by atoms with van der Waals surface area (Å²) in [5, 5.41) is 14.6. The summed E-state index contributed by atoms with van der Waals surface area (Å²) in [4.78, 5) is 0. The van der Waals surface area contributed by atoms with Gasteiger partial charge in [-0.2, -0.15) is 0 Å². The first-order valence-electron chi connectivity index (χ1n) is 5.19. The first kappa shape index (κ1) is 13.2. The second-order valence-corrected chi connectivity index (χ2v) is 4.39. The average Bonchev–Trinajstić information content (AvgIpc) is 2.17. The van der Waals surface area contributed by atoms with E-state index >= 15 is 0 Å². The summed E-state index contributed by atoms with van der Waals surface area (Å²) in [6, 6.07) is 0. The Kier molecular flexibility index (Phi) is 6.28. The number of nitrogens with zero attached hydrogens (tertiary/aromatic N) is 1. The molecule has 84 valence electrons. The Morgan fingerprint density at radius 3 is 2.64 bits per heavy atom. The van der Waals surface area contributed by atoms with Crippen molar-refractivity contribution in [3.63, 3.8) is 0 Å². The molecule has 0 bridgehead atoms. The Bertz CT molecular complexity index is 178. The molecular formula is C10H23N3O. The zero-order valence-electron chi connectivity index (χ0n) is 9.51. The summed E-state index contributed by atoms with van der Waals surface area (Å²) in [6.45, 7) is 8.60. The molecule has 0 aliphatic carbocycles. The molecule has 0 aromatic rings. The molecular weight excluding hydrogens is 178 g/mol. The zero-order valence-corrected chi connectivity index (χ0v) is 9.51. The predicted molar refractivity (Wildman–Crippen MR) is 59.6 cm³/mol. The van der Waals surface area contributed by atoms with Crippen molar-refractivity contribution < 1.29 is 5.21 Å². The standard InChI is InChI=1S/C10H23N3O/c1-4-10(2,3)8-12-7-5-6-9(11)13-14/h12,14H,4-8H2,1-3H3,(H2,11,13). The minimum absolute atomic E-state index is 0.307. The third-order valence-corrected chi connectivity index (χ3v) is 2.48. The second kappa shape index (κ2) is 6.65. The lowest BCUT2D eigenvalue weighted by atomic mass is 9.90. The van der Waals surface area contributed by atoms with Crippen LogP contribution < -0.4 is 11.1 Å². The van der Waals surface area contributed by atoms with Crippen molar-refractivity contribution >= 4 is 5.84 Å². The summed E-state index contributed by atoms with van der Waals surface area (Å²) in [5.41, 5.74) is 5.70. The fourth-order valence-electron chi connectivity index (χ4n) is 0.996. The van der Waals surface area contributed by atoms with E-state index in [1.165, 1.54) is 6.42 Å². The molecule has 0 saturated heterocycles. The molecule has 0 radical (unpaired) electrons. The molecule has 4 nitrogen and oxygen atoms in total. The second-order valence-electron chi connectivity index (χ2n) is 4.39. The Morgan fingerprint density at radius 1 is 1.50 bits per heavy atom. The monoisotopic (exact) mass is 201 g/mol. The van der Waals surface area contributed by atoms with Gasteiger partial charge in [0, 0.05) is 13.0 Å². The molecule has 14 heavy (non-hydrogen) atoms. The van der Waals surface area contributed by atoms with Gasteiger partial charge in [0.15, 0.2) is 0 Å². The summed E-state index contributed by atoms with van der Waals surface area (Å²) in [6.07, 6.45) is 2.73. The molecule has 0 aromatic heterocycles. The summed E-state index contributed by atoms with van der Waals surface area (Å²) >= 11 is 0. The van der Waals surface area contributed by atoms with Crippen molar-refractivity contribution in [1.29, 1.82) is 0 Å². The van der Waals surface area contributed by atoms with Crippen molar-refractivity contribution in [3.05, 3.63) is 0 Å². The smallest absolute Gasteiger partial charge is 0.139 e. The Morgan fingerprint density at radius 2 is 2.14 bits per heavy atom. The number of hydrogen-bond acceptors (Lipinski definition) is 3. The van der Waals surface area contributed by atoms with Gasteiger partial charge in [0.1, 0.15) is 5.84 Å². The lowest BCUT2D eigenvalue weighted by Crippen LogP contribution is -2.30.